The van der Waals surface area contributed by atoms with Gasteiger partial charge in [0.05, 0.1) is 13.2 Å². The molecule has 0 atom stereocenters. The number of rotatable bonds is 7. The number of thiocarbonyl (C=S) groups is 1. The molecule has 0 spiro atoms. The molecule has 23 heavy (non-hydrogen) atoms. The summed E-state index contributed by atoms with van der Waals surface area (Å²) >= 11 is 11.1. The van der Waals surface area contributed by atoms with Gasteiger partial charge in [0.1, 0.15) is 18.1 Å². The predicted octanol–water partition coefficient (Wildman–Crippen LogP) is 4.10. The quantitative estimate of drug-likeness (QED) is 0.581. The summed E-state index contributed by atoms with van der Waals surface area (Å²) in [4.78, 5) is 0. The Labute approximate surface area is 146 Å². The maximum Gasteiger partial charge on any atom is 0.170 e. The van der Waals surface area contributed by atoms with E-state index in [-0.39, 0.29) is 0 Å². The van der Waals surface area contributed by atoms with Crippen LogP contribution in [0.15, 0.2) is 48.5 Å². The first-order chi connectivity index (χ1) is 11.2. The lowest BCUT2D eigenvalue weighted by Gasteiger charge is -2.11. The van der Waals surface area contributed by atoms with Crippen molar-refractivity contribution in [3.05, 3.63) is 53.6 Å². The number of nitrogens with one attached hydrogen (secondary N) is 2. The van der Waals surface area contributed by atoms with E-state index in [0.717, 1.165) is 17.2 Å². The SMILES string of the molecule is CCOc1ccc(OCCNC(=S)Nc2ccc(Cl)cc2)cc1. The van der Waals surface area contributed by atoms with E-state index in [1.165, 1.54) is 0 Å². The molecule has 0 aliphatic rings. The molecular weight excluding hydrogens is 332 g/mol. The van der Waals surface area contributed by atoms with E-state index in [2.05, 4.69) is 10.6 Å². The molecule has 2 aromatic rings. The van der Waals surface area contributed by atoms with Crippen LogP contribution in [0.4, 0.5) is 5.69 Å². The van der Waals surface area contributed by atoms with Gasteiger partial charge in [-0.05, 0) is 67.7 Å². The van der Waals surface area contributed by atoms with Crippen molar-refractivity contribution in [2.45, 2.75) is 6.92 Å². The summed E-state index contributed by atoms with van der Waals surface area (Å²) < 4.78 is 11.0. The highest BCUT2D eigenvalue weighted by atomic mass is 35.5. The molecule has 0 unspecified atom stereocenters. The minimum absolute atomic E-state index is 0.510. The summed E-state index contributed by atoms with van der Waals surface area (Å²) in [5.74, 6) is 1.64. The first-order valence-electron chi connectivity index (χ1n) is 7.33. The van der Waals surface area contributed by atoms with Crippen LogP contribution >= 0.6 is 23.8 Å². The van der Waals surface area contributed by atoms with Crippen LogP contribution in [0.1, 0.15) is 6.92 Å². The lowest BCUT2D eigenvalue weighted by atomic mass is 10.3. The largest absolute Gasteiger partial charge is 0.494 e. The van der Waals surface area contributed by atoms with Crippen molar-refractivity contribution >= 4 is 34.6 Å². The Balaban J connectivity index is 1.66. The van der Waals surface area contributed by atoms with Crippen molar-refractivity contribution in [2.24, 2.45) is 0 Å². The Morgan fingerprint density at radius 2 is 1.61 bits per heavy atom. The van der Waals surface area contributed by atoms with Crippen LogP contribution in [0.5, 0.6) is 11.5 Å². The van der Waals surface area contributed by atoms with E-state index >= 15 is 0 Å². The zero-order chi connectivity index (χ0) is 16.5. The molecule has 122 valence electrons. The van der Waals surface area contributed by atoms with Gasteiger partial charge in [-0.1, -0.05) is 11.6 Å². The molecule has 0 bridgehead atoms. The summed E-state index contributed by atoms with van der Waals surface area (Å²) in [6.07, 6.45) is 0. The van der Waals surface area contributed by atoms with Gasteiger partial charge in [0.15, 0.2) is 5.11 Å². The standard InChI is InChI=1S/C17H19ClN2O2S/c1-2-21-15-7-9-16(10-8-15)22-12-11-19-17(23)20-14-5-3-13(18)4-6-14/h3-10H,2,11-12H2,1H3,(H2,19,20,23). The molecule has 0 heterocycles. The highest BCUT2D eigenvalue weighted by molar-refractivity contribution is 7.80. The molecular formula is C17H19ClN2O2S. The third-order valence-electron chi connectivity index (χ3n) is 2.89. The monoisotopic (exact) mass is 350 g/mol. The van der Waals surface area contributed by atoms with Crippen molar-refractivity contribution in [3.8, 4) is 11.5 Å². The summed E-state index contributed by atoms with van der Waals surface area (Å²) in [5.41, 5.74) is 0.888. The number of benzene rings is 2. The molecule has 6 heteroatoms. The third kappa shape index (κ3) is 6.34. The Morgan fingerprint density at radius 3 is 2.22 bits per heavy atom. The van der Waals surface area contributed by atoms with Crippen LogP contribution in [-0.4, -0.2) is 24.9 Å². The molecule has 2 rings (SSSR count). The Bertz CT molecular complexity index is 617. The highest BCUT2D eigenvalue weighted by Gasteiger charge is 1.99. The van der Waals surface area contributed by atoms with Gasteiger partial charge < -0.3 is 20.1 Å². The molecule has 2 N–H and O–H groups in total. The van der Waals surface area contributed by atoms with E-state index in [4.69, 9.17) is 33.3 Å². The van der Waals surface area contributed by atoms with Gasteiger partial charge in [0.25, 0.3) is 0 Å². The molecule has 0 saturated heterocycles. The first-order valence-corrected chi connectivity index (χ1v) is 8.12. The fourth-order valence-corrected chi connectivity index (χ4v) is 2.19. The van der Waals surface area contributed by atoms with E-state index in [1.807, 2.05) is 55.5 Å². The summed E-state index contributed by atoms with van der Waals surface area (Å²) in [6.45, 7) is 3.72. The summed E-state index contributed by atoms with van der Waals surface area (Å²) in [6, 6.07) is 14.9. The van der Waals surface area contributed by atoms with Crippen LogP contribution in [0.2, 0.25) is 5.02 Å². The molecule has 4 nitrogen and oxygen atoms in total. The Hall–Kier alpha value is -1.98. The van der Waals surface area contributed by atoms with Gasteiger partial charge in [-0.25, -0.2) is 0 Å². The van der Waals surface area contributed by atoms with E-state index in [1.54, 1.807) is 0 Å². The first kappa shape index (κ1) is 17.4. The number of hydrogen-bond donors (Lipinski definition) is 2. The minimum atomic E-state index is 0.510. The second-order valence-electron chi connectivity index (χ2n) is 4.64. The van der Waals surface area contributed by atoms with Crippen LogP contribution in [0, 0.1) is 0 Å². The lowest BCUT2D eigenvalue weighted by molar-refractivity contribution is 0.319. The highest BCUT2D eigenvalue weighted by Crippen LogP contribution is 2.17. The molecule has 0 fully saturated rings. The number of halogens is 1. The zero-order valence-electron chi connectivity index (χ0n) is 12.8. The van der Waals surface area contributed by atoms with Crippen molar-refractivity contribution in [1.82, 2.24) is 5.32 Å². The fourth-order valence-electron chi connectivity index (χ4n) is 1.84. The molecule has 2 aromatic carbocycles. The second-order valence-corrected chi connectivity index (χ2v) is 5.49. The summed E-state index contributed by atoms with van der Waals surface area (Å²) in [7, 11) is 0. The van der Waals surface area contributed by atoms with Crippen molar-refractivity contribution in [3.63, 3.8) is 0 Å². The van der Waals surface area contributed by atoms with Crippen LogP contribution in [-0.2, 0) is 0 Å². The van der Waals surface area contributed by atoms with Crippen LogP contribution < -0.4 is 20.1 Å². The molecule has 0 amide bonds. The van der Waals surface area contributed by atoms with Crippen molar-refractivity contribution in [1.29, 1.82) is 0 Å². The van der Waals surface area contributed by atoms with Crippen LogP contribution in [0.3, 0.4) is 0 Å². The van der Waals surface area contributed by atoms with Gasteiger partial charge >= 0.3 is 0 Å². The molecule has 0 aliphatic heterocycles. The second kappa shape index (κ2) is 9.22. The summed E-state index contributed by atoms with van der Waals surface area (Å²) in [5, 5.41) is 7.40. The van der Waals surface area contributed by atoms with Gasteiger partial charge in [-0.15, -0.1) is 0 Å². The van der Waals surface area contributed by atoms with Gasteiger partial charge in [0.2, 0.25) is 0 Å². The van der Waals surface area contributed by atoms with E-state index in [0.29, 0.717) is 29.9 Å². The van der Waals surface area contributed by atoms with Gasteiger partial charge in [-0.3, -0.25) is 0 Å². The van der Waals surface area contributed by atoms with E-state index < -0.39 is 0 Å². The molecule has 0 aliphatic carbocycles. The lowest BCUT2D eigenvalue weighted by Crippen LogP contribution is -2.31. The number of ether oxygens (including phenoxy) is 2. The van der Waals surface area contributed by atoms with E-state index in [9.17, 15) is 0 Å². The third-order valence-corrected chi connectivity index (χ3v) is 3.39. The average molecular weight is 351 g/mol. The maximum absolute atomic E-state index is 5.84. The predicted molar refractivity (Wildman–Crippen MR) is 98.8 cm³/mol. The molecule has 0 radical (unpaired) electrons. The average Bonchev–Trinajstić information content (AvgIpc) is 2.55. The molecule has 0 aromatic heterocycles. The van der Waals surface area contributed by atoms with Gasteiger partial charge in [0, 0.05) is 10.7 Å². The van der Waals surface area contributed by atoms with Gasteiger partial charge in [-0.2, -0.15) is 0 Å². The minimum Gasteiger partial charge on any atom is -0.494 e. The fraction of sp³-hybridized carbons (Fsp3) is 0.235. The van der Waals surface area contributed by atoms with Crippen molar-refractivity contribution in [2.75, 3.05) is 25.1 Å². The van der Waals surface area contributed by atoms with Crippen LogP contribution in [0.25, 0.3) is 0 Å². The Morgan fingerprint density at radius 1 is 1.00 bits per heavy atom. The maximum atomic E-state index is 5.84. The topological polar surface area (TPSA) is 42.5 Å². The smallest absolute Gasteiger partial charge is 0.170 e. The Kier molecular flexibility index (Phi) is 6.97. The molecule has 0 saturated carbocycles. The number of hydrogen-bond acceptors (Lipinski definition) is 3. The zero-order valence-corrected chi connectivity index (χ0v) is 14.4. The van der Waals surface area contributed by atoms with Crippen molar-refractivity contribution < 1.29 is 9.47 Å². The normalized spacial score (nSPS) is 10.0. The number of anilines is 1.